The molecule has 26 heavy (non-hydrogen) atoms. The summed E-state index contributed by atoms with van der Waals surface area (Å²) in [6.45, 7) is 1.31. The zero-order valence-electron chi connectivity index (χ0n) is 15.6. The minimum atomic E-state index is 0.142. The van der Waals surface area contributed by atoms with Crippen LogP contribution < -0.4 is 10.1 Å². The minimum absolute atomic E-state index is 0.142. The van der Waals surface area contributed by atoms with Crippen LogP contribution in [0.4, 0.5) is 0 Å². The van der Waals surface area contributed by atoms with E-state index in [4.69, 9.17) is 9.72 Å². The van der Waals surface area contributed by atoms with Crippen LogP contribution in [0, 0.1) is 0 Å². The Hall–Kier alpha value is -2.28. The number of benzene rings is 1. The van der Waals surface area contributed by atoms with Crippen LogP contribution in [0.2, 0.25) is 0 Å². The molecule has 0 unspecified atom stereocenters. The number of aryl methyl sites for hydroxylation is 2. The Morgan fingerprint density at radius 1 is 1.38 bits per heavy atom. The molecule has 2 aromatic rings. The summed E-state index contributed by atoms with van der Waals surface area (Å²) >= 11 is 1.83. The molecular formula is C19H26N4O2S. The van der Waals surface area contributed by atoms with Crippen molar-refractivity contribution in [1.82, 2.24) is 15.2 Å². The average Bonchev–Trinajstić information content (AvgIpc) is 3.04. The van der Waals surface area contributed by atoms with Gasteiger partial charge in [0.25, 0.3) is 0 Å². The maximum Gasteiger partial charge on any atom is 0.194 e. The van der Waals surface area contributed by atoms with Crippen molar-refractivity contribution in [2.24, 2.45) is 4.99 Å². The van der Waals surface area contributed by atoms with Crippen molar-refractivity contribution in [3.8, 4) is 11.5 Å². The van der Waals surface area contributed by atoms with Crippen molar-refractivity contribution >= 4 is 17.3 Å². The highest BCUT2D eigenvalue weighted by Gasteiger charge is 2.17. The van der Waals surface area contributed by atoms with Gasteiger partial charge in [0.1, 0.15) is 5.01 Å². The summed E-state index contributed by atoms with van der Waals surface area (Å²) in [5.74, 6) is 1.42. The van der Waals surface area contributed by atoms with Crippen LogP contribution in [0.5, 0.6) is 11.5 Å². The van der Waals surface area contributed by atoms with Crippen molar-refractivity contribution in [2.75, 3.05) is 21.2 Å². The first-order chi connectivity index (χ1) is 12.6. The lowest BCUT2D eigenvalue weighted by Gasteiger charge is -2.21. The quantitative estimate of drug-likeness (QED) is 0.622. The second kappa shape index (κ2) is 8.40. The Morgan fingerprint density at radius 3 is 2.88 bits per heavy atom. The summed E-state index contributed by atoms with van der Waals surface area (Å²) in [5.41, 5.74) is 2.25. The van der Waals surface area contributed by atoms with Gasteiger partial charge in [-0.25, -0.2) is 4.98 Å². The second-order valence-corrected chi connectivity index (χ2v) is 7.62. The van der Waals surface area contributed by atoms with E-state index in [0.717, 1.165) is 29.5 Å². The summed E-state index contributed by atoms with van der Waals surface area (Å²) in [7, 11) is 5.33. The minimum Gasteiger partial charge on any atom is -0.504 e. The van der Waals surface area contributed by atoms with Gasteiger partial charge < -0.3 is 20.1 Å². The number of ether oxygens (including phenoxy) is 1. The summed E-state index contributed by atoms with van der Waals surface area (Å²) in [5, 5.41) is 14.4. The van der Waals surface area contributed by atoms with E-state index in [9.17, 15) is 5.11 Å². The lowest BCUT2D eigenvalue weighted by atomic mass is 10.0. The predicted octanol–water partition coefficient (Wildman–Crippen LogP) is 2.94. The first kappa shape index (κ1) is 18.5. The normalized spacial score (nSPS) is 14.0. The fraction of sp³-hybridized carbons (Fsp3) is 0.474. The topological polar surface area (TPSA) is 70.0 Å². The van der Waals surface area contributed by atoms with Gasteiger partial charge in [0.05, 0.1) is 19.3 Å². The SMILES string of the molecule is CN=C(NCc1ccc(OC)c(O)c1)N(C)Cc1nc2c(s1)CCCC2. The Morgan fingerprint density at radius 2 is 2.19 bits per heavy atom. The van der Waals surface area contributed by atoms with Crippen LogP contribution in [0.3, 0.4) is 0 Å². The van der Waals surface area contributed by atoms with Crippen LogP contribution >= 0.6 is 11.3 Å². The molecule has 1 aliphatic rings. The second-order valence-electron chi connectivity index (χ2n) is 6.45. The maximum absolute atomic E-state index is 9.90. The fourth-order valence-corrected chi connectivity index (χ4v) is 4.37. The molecule has 1 aliphatic carbocycles. The molecule has 3 rings (SSSR count). The average molecular weight is 375 g/mol. The highest BCUT2D eigenvalue weighted by molar-refractivity contribution is 7.11. The van der Waals surface area contributed by atoms with Gasteiger partial charge >= 0.3 is 0 Å². The number of aromatic nitrogens is 1. The lowest BCUT2D eigenvalue weighted by Crippen LogP contribution is -2.38. The van der Waals surface area contributed by atoms with E-state index in [1.807, 2.05) is 24.5 Å². The van der Waals surface area contributed by atoms with Gasteiger partial charge in [0, 0.05) is 25.5 Å². The Kier molecular flexibility index (Phi) is 5.98. The van der Waals surface area contributed by atoms with E-state index in [2.05, 4.69) is 15.2 Å². The third kappa shape index (κ3) is 4.27. The van der Waals surface area contributed by atoms with Crippen LogP contribution in [0.25, 0.3) is 0 Å². The molecule has 0 aliphatic heterocycles. The van der Waals surface area contributed by atoms with Crippen LogP contribution in [-0.4, -0.2) is 42.2 Å². The van der Waals surface area contributed by atoms with Gasteiger partial charge in [-0.15, -0.1) is 11.3 Å². The predicted molar refractivity (Wildman–Crippen MR) is 105 cm³/mol. The number of phenolic OH excluding ortho intramolecular Hbond substituents is 1. The molecular weight excluding hydrogens is 348 g/mol. The number of fused-ring (bicyclic) bond motifs is 1. The Balaban J connectivity index is 1.59. The molecule has 0 amide bonds. The van der Waals surface area contributed by atoms with E-state index in [-0.39, 0.29) is 5.75 Å². The number of hydrogen-bond acceptors (Lipinski definition) is 5. The monoisotopic (exact) mass is 374 g/mol. The fourth-order valence-electron chi connectivity index (χ4n) is 3.16. The molecule has 0 bridgehead atoms. The number of aliphatic imine (C=N–C) groups is 1. The molecule has 0 saturated heterocycles. The number of phenols is 1. The summed E-state index contributed by atoms with van der Waals surface area (Å²) in [6.07, 6.45) is 4.82. The molecule has 7 heteroatoms. The number of hydrogen-bond donors (Lipinski definition) is 2. The van der Waals surface area contributed by atoms with Crippen molar-refractivity contribution in [3.05, 3.63) is 39.3 Å². The molecule has 6 nitrogen and oxygen atoms in total. The molecule has 0 radical (unpaired) electrons. The van der Waals surface area contributed by atoms with Crippen molar-refractivity contribution in [2.45, 2.75) is 38.8 Å². The van der Waals surface area contributed by atoms with Crippen LogP contribution in [0.15, 0.2) is 23.2 Å². The highest BCUT2D eigenvalue weighted by Crippen LogP contribution is 2.27. The number of rotatable bonds is 5. The summed E-state index contributed by atoms with van der Waals surface area (Å²) in [6, 6.07) is 5.39. The third-order valence-corrected chi connectivity index (χ3v) is 5.67. The highest BCUT2D eigenvalue weighted by atomic mass is 32.1. The van der Waals surface area contributed by atoms with E-state index >= 15 is 0 Å². The van der Waals surface area contributed by atoms with Crippen molar-refractivity contribution in [1.29, 1.82) is 0 Å². The maximum atomic E-state index is 9.90. The zero-order chi connectivity index (χ0) is 18.5. The lowest BCUT2D eigenvalue weighted by molar-refractivity contribution is 0.373. The molecule has 140 valence electrons. The standard InChI is InChI=1S/C19H26N4O2S/c1-20-19(21-11-13-8-9-16(25-3)15(24)10-13)23(2)12-18-22-14-6-4-5-7-17(14)26-18/h8-10,24H,4-7,11-12H2,1-3H3,(H,20,21). The van der Waals surface area contributed by atoms with Crippen LogP contribution in [-0.2, 0) is 25.9 Å². The molecule has 0 spiro atoms. The van der Waals surface area contributed by atoms with Crippen molar-refractivity contribution in [3.63, 3.8) is 0 Å². The number of nitrogens with one attached hydrogen (secondary N) is 1. The Bertz CT molecular complexity index is 764. The summed E-state index contributed by atoms with van der Waals surface area (Å²) < 4.78 is 5.08. The van der Waals surface area contributed by atoms with Crippen LogP contribution in [0.1, 0.15) is 34.0 Å². The summed E-state index contributed by atoms with van der Waals surface area (Å²) in [4.78, 5) is 12.7. The van der Waals surface area contributed by atoms with Gasteiger partial charge in [-0.2, -0.15) is 0 Å². The molecule has 0 fully saturated rings. The van der Waals surface area contributed by atoms with Gasteiger partial charge in [0.15, 0.2) is 17.5 Å². The third-order valence-electron chi connectivity index (χ3n) is 4.53. The number of nitrogens with zero attached hydrogens (tertiary/aromatic N) is 3. The molecule has 1 aromatic carbocycles. The van der Waals surface area contributed by atoms with Gasteiger partial charge in [-0.3, -0.25) is 4.99 Å². The van der Waals surface area contributed by atoms with Gasteiger partial charge in [-0.05, 0) is 43.4 Å². The van der Waals surface area contributed by atoms with Gasteiger partial charge in [0.2, 0.25) is 0 Å². The number of guanidine groups is 1. The van der Waals surface area contributed by atoms with Crippen molar-refractivity contribution < 1.29 is 9.84 Å². The zero-order valence-corrected chi connectivity index (χ0v) is 16.4. The van der Waals surface area contributed by atoms with E-state index in [1.165, 1.54) is 29.8 Å². The van der Waals surface area contributed by atoms with Gasteiger partial charge in [-0.1, -0.05) is 6.07 Å². The Labute approximate surface area is 158 Å². The molecule has 1 aromatic heterocycles. The van der Waals surface area contributed by atoms with E-state index in [1.54, 1.807) is 26.3 Å². The smallest absolute Gasteiger partial charge is 0.194 e. The first-order valence-electron chi connectivity index (χ1n) is 8.86. The largest absolute Gasteiger partial charge is 0.504 e. The number of aromatic hydroxyl groups is 1. The molecule has 2 N–H and O–H groups in total. The molecule has 0 atom stereocenters. The van der Waals surface area contributed by atoms with E-state index in [0.29, 0.717) is 12.3 Å². The molecule has 1 heterocycles. The molecule has 0 saturated carbocycles. The van der Waals surface area contributed by atoms with E-state index < -0.39 is 0 Å². The number of methoxy groups -OCH3 is 1. The number of thiazole rings is 1. The first-order valence-corrected chi connectivity index (χ1v) is 9.67.